The maximum atomic E-state index is 12.1. The molecule has 0 bridgehead atoms. The van der Waals surface area contributed by atoms with Crippen LogP contribution < -0.4 is 5.32 Å². The fourth-order valence-corrected chi connectivity index (χ4v) is 3.31. The van der Waals surface area contributed by atoms with Gasteiger partial charge in [0, 0.05) is 5.38 Å². The van der Waals surface area contributed by atoms with Crippen LogP contribution >= 0.6 is 22.9 Å². The van der Waals surface area contributed by atoms with E-state index in [9.17, 15) is 10.1 Å². The standard InChI is InChI=1S/C16H11ClN4O2S/c1-2-23-15(22)10-8-24-14-12(10)13(20-16(17)21-14)19-11-6-4-3-5-9(11)7-18/h3-6,8H,2H2,1H3,(H,19,20,21). The van der Waals surface area contributed by atoms with Gasteiger partial charge in [0.2, 0.25) is 5.28 Å². The maximum Gasteiger partial charge on any atom is 0.339 e. The van der Waals surface area contributed by atoms with Crippen molar-refractivity contribution < 1.29 is 9.53 Å². The number of rotatable bonds is 4. The molecule has 3 rings (SSSR count). The van der Waals surface area contributed by atoms with E-state index in [2.05, 4.69) is 21.4 Å². The van der Waals surface area contributed by atoms with Crippen LogP contribution in [-0.2, 0) is 4.74 Å². The quantitative estimate of drug-likeness (QED) is 0.557. The molecule has 0 saturated carbocycles. The summed E-state index contributed by atoms with van der Waals surface area (Å²) in [6.07, 6.45) is 0. The van der Waals surface area contributed by atoms with Gasteiger partial charge in [0.1, 0.15) is 16.7 Å². The second-order valence-corrected chi connectivity index (χ2v) is 5.87. The van der Waals surface area contributed by atoms with Gasteiger partial charge in [0.15, 0.2) is 0 Å². The summed E-state index contributed by atoms with van der Waals surface area (Å²) in [4.78, 5) is 21.0. The summed E-state index contributed by atoms with van der Waals surface area (Å²) in [5, 5.41) is 14.5. The number of carbonyl (C=O) groups excluding carboxylic acids is 1. The lowest BCUT2D eigenvalue weighted by Crippen LogP contribution is -2.06. The van der Waals surface area contributed by atoms with Crippen LogP contribution in [-0.4, -0.2) is 22.5 Å². The number of hydrogen-bond donors (Lipinski definition) is 1. The average Bonchev–Trinajstić information content (AvgIpc) is 2.99. The Balaban J connectivity index is 2.14. The fraction of sp³-hybridized carbons (Fsp3) is 0.125. The third-order valence-corrected chi connectivity index (χ3v) is 4.24. The van der Waals surface area contributed by atoms with Gasteiger partial charge in [0.05, 0.1) is 28.8 Å². The number of esters is 1. The van der Waals surface area contributed by atoms with Crippen molar-refractivity contribution in [3.05, 3.63) is 46.1 Å². The molecule has 6 nitrogen and oxygen atoms in total. The molecule has 0 radical (unpaired) electrons. The monoisotopic (exact) mass is 358 g/mol. The van der Waals surface area contributed by atoms with E-state index in [-0.39, 0.29) is 11.9 Å². The normalized spacial score (nSPS) is 10.4. The molecule has 120 valence electrons. The number of fused-ring (bicyclic) bond motifs is 1. The van der Waals surface area contributed by atoms with Crippen molar-refractivity contribution in [1.82, 2.24) is 9.97 Å². The average molecular weight is 359 g/mol. The number of nitrogens with one attached hydrogen (secondary N) is 1. The number of aromatic nitrogens is 2. The van der Waals surface area contributed by atoms with Crippen molar-refractivity contribution in [2.75, 3.05) is 11.9 Å². The van der Waals surface area contributed by atoms with Crippen molar-refractivity contribution in [3.63, 3.8) is 0 Å². The molecule has 0 spiro atoms. The van der Waals surface area contributed by atoms with Crippen LogP contribution in [0.4, 0.5) is 11.5 Å². The zero-order chi connectivity index (χ0) is 17.1. The number of benzene rings is 1. The zero-order valence-corrected chi connectivity index (χ0v) is 14.1. The van der Waals surface area contributed by atoms with Crippen molar-refractivity contribution in [2.24, 2.45) is 0 Å². The van der Waals surface area contributed by atoms with E-state index in [1.807, 2.05) is 0 Å². The Hall–Kier alpha value is -2.69. The van der Waals surface area contributed by atoms with Crippen LogP contribution in [0.5, 0.6) is 0 Å². The second kappa shape index (κ2) is 6.83. The first-order chi connectivity index (χ1) is 11.6. The predicted octanol–water partition coefficient (Wildman–Crippen LogP) is 4.14. The molecule has 0 fully saturated rings. The molecule has 0 aliphatic heterocycles. The van der Waals surface area contributed by atoms with E-state index in [0.717, 1.165) is 0 Å². The Morgan fingerprint density at radius 1 is 1.42 bits per heavy atom. The SMILES string of the molecule is CCOC(=O)c1csc2nc(Cl)nc(Nc3ccccc3C#N)c12. The van der Waals surface area contributed by atoms with Gasteiger partial charge in [0.25, 0.3) is 0 Å². The van der Waals surface area contributed by atoms with Gasteiger partial charge in [-0.1, -0.05) is 12.1 Å². The molecular formula is C16H11ClN4O2S. The number of thiophene rings is 1. The van der Waals surface area contributed by atoms with Gasteiger partial charge in [-0.3, -0.25) is 0 Å². The lowest BCUT2D eigenvalue weighted by atomic mass is 10.2. The highest BCUT2D eigenvalue weighted by Gasteiger charge is 2.20. The molecule has 0 aliphatic carbocycles. The van der Waals surface area contributed by atoms with E-state index >= 15 is 0 Å². The van der Waals surface area contributed by atoms with Crippen molar-refractivity contribution >= 4 is 50.6 Å². The van der Waals surface area contributed by atoms with Crippen LogP contribution in [0.2, 0.25) is 5.28 Å². The largest absolute Gasteiger partial charge is 0.462 e. The van der Waals surface area contributed by atoms with Gasteiger partial charge < -0.3 is 10.1 Å². The second-order valence-electron chi connectivity index (χ2n) is 4.67. The number of nitrogens with zero attached hydrogens (tertiary/aromatic N) is 3. The highest BCUT2D eigenvalue weighted by molar-refractivity contribution is 7.17. The van der Waals surface area contributed by atoms with E-state index in [1.165, 1.54) is 11.3 Å². The summed E-state index contributed by atoms with van der Waals surface area (Å²) in [6.45, 7) is 2.01. The Bertz CT molecular complexity index is 964. The molecule has 0 amide bonds. The number of nitriles is 1. The van der Waals surface area contributed by atoms with Gasteiger partial charge in [-0.05, 0) is 30.7 Å². The summed E-state index contributed by atoms with van der Waals surface area (Å²) in [5.41, 5.74) is 1.39. The smallest absolute Gasteiger partial charge is 0.339 e. The Morgan fingerprint density at radius 3 is 2.96 bits per heavy atom. The van der Waals surface area contributed by atoms with E-state index in [0.29, 0.717) is 32.8 Å². The number of anilines is 2. The summed E-state index contributed by atoms with van der Waals surface area (Å²) < 4.78 is 5.07. The molecule has 1 N–H and O–H groups in total. The molecule has 2 aromatic heterocycles. The topological polar surface area (TPSA) is 87.9 Å². The predicted molar refractivity (Wildman–Crippen MR) is 92.8 cm³/mol. The summed E-state index contributed by atoms with van der Waals surface area (Å²) in [5.74, 6) is -0.0942. The third kappa shape index (κ3) is 3.02. The van der Waals surface area contributed by atoms with Crippen LogP contribution in [0.3, 0.4) is 0 Å². The maximum absolute atomic E-state index is 12.1. The first kappa shape index (κ1) is 16.2. The van der Waals surface area contributed by atoms with E-state index in [1.54, 1.807) is 36.6 Å². The number of carbonyl (C=O) groups is 1. The minimum atomic E-state index is -0.453. The highest BCUT2D eigenvalue weighted by Crippen LogP contribution is 2.33. The van der Waals surface area contributed by atoms with E-state index < -0.39 is 5.97 Å². The summed E-state index contributed by atoms with van der Waals surface area (Å²) in [7, 11) is 0. The molecule has 24 heavy (non-hydrogen) atoms. The first-order valence-electron chi connectivity index (χ1n) is 7.02. The van der Waals surface area contributed by atoms with Crippen LogP contribution in [0.25, 0.3) is 10.2 Å². The molecule has 1 aromatic carbocycles. The van der Waals surface area contributed by atoms with Crippen molar-refractivity contribution in [1.29, 1.82) is 5.26 Å². The molecule has 0 saturated heterocycles. The Labute approximate surface area is 146 Å². The first-order valence-corrected chi connectivity index (χ1v) is 8.27. The molecule has 0 atom stereocenters. The molecule has 0 unspecified atom stereocenters. The highest BCUT2D eigenvalue weighted by atomic mass is 35.5. The van der Waals surface area contributed by atoms with E-state index in [4.69, 9.17) is 16.3 Å². The zero-order valence-electron chi connectivity index (χ0n) is 12.5. The molecule has 0 aliphatic rings. The molecule has 2 heterocycles. The third-order valence-electron chi connectivity index (χ3n) is 3.20. The Kier molecular flexibility index (Phi) is 4.60. The lowest BCUT2D eigenvalue weighted by molar-refractivity contribution is 0.0529. The molecule has 8 heteroatoms. The van der Waals surface area contributed by atoms with Gasteiger partial charge in [-0.15, -0.1) is 11.3 Å². The van der Waals surface area contributed by atoms with Crippen molar-refractivity contribution in [2.45, 2.75) is 6.92 Å². The van der Waals surface area contributed by atoms with Crippen LogP contribution in [0.15, 0.2) is 29.6 Å². The van der Waals surface area contributed by atoms with Crippen LogP contribution in [0, 0.1) is 11.3 Å². The Morgan fingerprint density at radius 2 is 2.21 bits per heavy atom. The van der Waals surface area contributed by atoms with Gasteiger partial charge >= 0.3 is 5.97 Å². The minimum absolute atomic E-state index is 0.0525. The van der Waals surface area contributed by atoms with Gasteiger partial charge in [-0.2, -0.15) is 10.2 Å². The number of ether oxygens (including phenoxy) is 1. The number of para-hydroxylation sites is 1. The molecular weight excluding hydrogens is 348 g/mol. The van der Waals surface area contributed by atoms with Gasteiger partial charge in [-0.25, -0.2) is 9.78 Å². The van der Waals surface area contributed by atoms with Crippen molar-refractivity contribution in [3.8, 4) is 6.07 Å². The van der Waals surface area contributed by atoms with Crippen LogP contribution in [0.1, 0.15) is 22.8 Å². The molecule has 3 aromatic rings. The summed E-state index contributed by atoms with van der Waals surface area (Å²) in [6, 6.07) is 9.09. The number of hydrogen-bond acceptors (Lipinski definition) is 7. The lowest BCUT2D eigenvalue weighted by Gasteiger charge is -2.10. The minimum Gasteiger partial charge on any atom is -0.462 e. The number of halogens is 1. The fourth-order valence-electron chi connectivity index (χ4n) is 2.18. The summed E-state index contributed by atoms with van der Waals surface area (Å²) >= 11 is 7.25.